The average Bonchev–Trinajstić information content (AvgIpc) is 2.05. The van der Waals surface area contributed by atoms with Crippen molar-refractivity contribution < 1.29 is 17.9 Å². The Balaban J connectivity index is 2.78. The third-order valence-electron chi connectivity index (χ3n) is 2.20. The van der Waals surface area contributed by atoms with E-state index in [-0.39, 0.29) is 18.4 Å². The lowest BCUT2D eigenvalue weighted by Gasteiger charge is -2.27. The maximum atomic E-state index is 12.4. The van der Waals surface area contributed by atoms with Crippen LogP contribution in [0.5, 0.6) is 0 Å². The van der Waals surface area contributed by atoms with Gasteiger partial charge in [-0.05, 0) is 18.8 Å². The van der Waals surface area contributed by atoms with E-state index in [1.54, 1.807) is 13.8 Å². The quantitative estimate of drug-likeness (QED) is 0.559. The van der Waals surface area contributed by atoms with Gasteiger partial charge in [0.15, 0.2) is 5.60 Å². The smallest absolute Gasteiger partial charge is 0.365 e. The van der Waals surface area contributed by atoms with Gasteiger partial charge in [0.2, 0.25) is 0 Å². The highest BCUT2D eigenvalue weighted by Gasteiger charge is 2.58. The molecule has 1 rings (SSSR count). The van der Waals surface area contributed by atoms with E-state index < -0.39 is 11.8 Å². The van der Waals surface area contributed by atoms with Crippen LogP contribution in [0.4, 0.5) is 13.2 Å². The Morgan fingerprint density at radius 2 is 1.67 bits per heavy atom. The van der Waals surface area contributed by atoms with Gasteiger partial charge in [0.25, 0.3) is 0 Å². The van der Waals surface area contributed by atoms with Gasteiger partial charge in [-0.1, -0.05) is 13.8 Å². The maximum Gasteiger partial charge on any atom is 0.417 e. The van der Waals surface area contributed by atoms with Gasteiger partial charge in [-0.3, -0.25) is 0 Å². The molecular formula is C8H13F3O. The van der Waals surface area contributed by atoms with Crippen LogP contribution in [0.3, 0.4) is 0 Å². The van der Waals surface area contributed by atoms with E-state index in [1.807, 2.05) is 0 Å². The zero-order valence-corrected chi connectivity index (χ0v) is 7.46. The summed E-state index contributed by atoms with van der Waals surface area (Å²) in [4.78, 5) is 0. The molecule has 12 heavy (non-hydrogen) atoms. The molecule has 1 saturated heterocycles. The Labute approximate surface area is 69.9 Å². The summed E-state index contributed by atoms with van der Waals surface area (Å²) in [6.45, 7) is 4.86. The summed E-state index contributed by atoms with van der Waals surface area (Å²) in [5.74, 6) is 0. The van der Waals surface area contributed by atoms with Crippen molar-refractivity contribution in [2.24, 2.45) is 5.41 Å². The van der Waals surface area contributed by atoms with E-state index in [0.717, 1.165) is 6.92 Å². The molecule has 1 aliphatic rings. The minimum Gasteiger partial charge on any atom is -0.365 e. The summed E-state index contributed by atoms with van der Waals surface area (Å²) in [5, 5.41) is 0. The van der Waals surface area contributed by atoms with Crippen LogP contribution in [0.1, 0.15) is 27.2 Å². The van der Waals surface area contributed by atoms with Crippen LogP contribution in [0.2, 0.25) is 0 Å². The Hall–Kier alpha value is -0.250. The predicted octanol–water partition coefficient (Wildman–Crippen LogP) is 2.75. The zero-order chi connectivity index (χ0) is 9.62. The molecule has 4 heteroatoms. The topological polar surface area (TPSA) is 9.23 Å². The van der Waals surface area contributed by atoms with Crippen molar-refractivity contribution in [3.8, 4) is 0 Å². The first-order chi connectivity index (χ1) is 5.16. The SMILES string of the molecule is CC1(C)COC(C)(C(F)(F)F)C1. The van der Waals surface area contributed by atoms with Crippen LogP contribution in [-0.2, 0) is 4.74 Å². The van der Waals surface area contributed by atoms with E-state index in [4.69, 9.17) is 4.74 Å². The second-order valence-corrected chi connectivity index (χ2v) is 4.36. The van der Waals surface area contributed by atoms with E-state index in [1.165, 1.54) is 0 Å². The normalized spacial score (nSPS) is 35.5. The van der Waals surface area contributed by atoms with E-state index >= 15 is 0 Å². The third kappa shape index (κ3) is 1.58. The number of halogens is 3. The highest BCUT2D eigenvalue weighted by Crippen LogP contribution is 2.47. The fraction of sp³-hybridized carbons (Fsp3) is 1.00. The second kappa shape index (κ2) is 2.37. The van der Waals surface area contributed by atoms with Gasteiger partial charge in [-0.25, -0.2) is 0 Å². The Kier molecular flexibility index (Phi) is 1.95. The largest absolute Gasteiger partial charge is 0.417 e. The molecule has 0 bridgehead atoms. The molecule has 0 aromatic heterocycles. The standard InChI is InChI=1S/C8H13F3O/c1-6(2)4-7(3,12-5-6)8(9,10)11/h4-5H2,1-3H3. The lowest BCUT2D eigenvalue weighted by molar-refractivity contribution is -0.255. The molecule has 0 aliphatic carbocycles. The van der Waals surface area contributed by atoms with E-state index in [0.29, 0.717) is 0 Å². The van der Waals surface area contributed by atoms with Crippen molar-refractivity contribution in [3.63, 3.8) is 0 Å². The fourth-order valence-electron chi connectivity index (χ4n) is 1.55. The number of hydrogen-bond acceptors (Lipinski definition) is 1. The molecule has 0 aromatic carbocycles. The molecule has 1 unspecified atom stereocenters. The Morgan fingerprint density at radius 3 is 1.83 bits per heavy atom. The highest BCUT2D eigenvalue weighted by atomic mass is 19.4. The van der Waals surface area contributed by atoms with Gasteiger partial charge >= 0.3 is 6.18 Å². The van der Waals surface area contributed by atoms with Gasteiger partial charge in [-0.2, -0.15) is 13.2 Å². The van der Waals surface area contributed by atoms with Gasteiger partial charge in [0, 0.05) is 0 Å². The average molecular weight is 182 g/mol. The molecule has 1 heterocycles. The first-order valence-electron chi connectivity index (χ1n) is 3.87. The third-order valence-corrected chi connectivity index (χ3v) is 2.20. The summed E-state index contributed by atoms with van der Waals surface area (Å²) in [5.41, 5.74) is -2.29. The lowest BCUT2D eigenvalue weighted by atomic mass is 9.85. The number of rotatable bonds is 0. The van der Waals surface area contributed by atoms with Crippen molar-refractivity contribution in [1.29, 1.82) is 0 Å². The maximum absolute atomic E-state index is 12.4. The van der Waals surface area contributed by atoms with Crippen LogP contribution < -0.4 is 0 Å². The minimum absolute atomic E-state index is 0.0451. The molecule has 1 aliphatic heterocycles. The van der Waals surface area contributed by atoms with Gasteiger partial charge < -0.3 is 4.74 Å². The number of alkyl halides is 3. The van der Waals surface area contributed by atoms with Crippen molar-refractivity contribution in [2.45, 2.75) is 39.0 Å². The first kappa shape index (κ1) is 9.84. The molecule has 72 valence electrons. The van der Waals surface area contributed by atoms with Crippen LogP contribution in [0.25, 0.3) is 0 Å². The van der Waals surface area contributed by atoms with Gasteiger partial charge in [0.1, 0.15) is 0 Å². The summed E-state index contributed by atoms with van der Waals surface area (Å²) >= 11 is 0. The van der Waals surface area contributed by atoms with Crippen LogP contribution in [-0.4, -0.2) is 18.4 Å². The summed E-state index contributed by atoms with van der Waals surface area (Å²) in [7, 11) is 0. The highest BCUT2D eigenvalue weighted by molar-refractivity contribution is 4.95. The summed E-state index contributed by atoms with van der Waals surface area (Å²) in [6, 6.07) is 0. The van der Waals surface area contributed by atoms with Crippen LogP contribution >= 0.6 is 0 Å². The minimum atomic E-state index is -4.25. The van der Waals surface area contributed by atoms with E-state index in [2.05, 4.69) is 0 Å². The van der Waals surface area contributed by atoms with Gasteiger partial charge in [-0.15, -0.1) is 0 Å². The number of hydrogen-bond donors (Lipinski definition) is 0. The molecule has 1 nitrogen and oxygen atoms in total. The first-order valence-corrected chi connectivity index (χ1v) is 3.87. The van der Waals surface area contributed by atoms with Crippen molar-refractivity contribution in [1.82, 2.24) is 0 Å². The monoisotopic (exact) mass is 182 g/mol. The lowest BCUT2D eigenvalue weighted by Crippen LogP contribution is -2.41. The molecule has 1 fully saturated rings. The molecule has 0 radical (unpaired) electrons. The molecular weight excluding hydrogens is 169 g/mol. The molecule has 0 N–H and O–H groups in total. The predicted molar refractivity (Wildman–Crippen MR) is 38.8 cm³/mol. The molecule has 0 amide bonds. The van der Waals surface area contributed by atoms with Crippen LogP contribution in [0.15, 0.2) is 0 Å². The fourth-order valence-corrected chi connectivity index (χ4v) is 1.55. The van der Waals surface area contributed by atoms with Crippen LogP contribution in [0, 0.1) is 5.41 Å². The second-order valence-electron chi connectivity index (χ2n) is 4.36. The van der Waals surface area contributed by atoms with Crippen molar-refractivity contribution in [2.75, 3.05) is 6.61 Å². The van der Waals surface area contributed by atoms with E-state index in [9.17, 15) is 13.2 Å². The molecule has 0 spiro atoms. The zero-order valence-electron chi connectivity index (χ0n) is 7.46. The van der Waals surface area contributed by atoms with Crippen molar-refractivity contribution >= 4 is 0 Å². The van der Waals surface area contributed by atoms with Gasteiger partial charge in [0.05, 0.1) is 6.61 Å². The molecule has 0 aromatic rings. The van der Waals surface area contributed by atoms with Crippen molar-refractivity contribution in [3.05, 3.63) is 0 Å². The Morgan fingerprint density at radius 1 is 1.17 bits per heavy atom. The molecule has 1 atom stereocenters. The Bertz CT molecular complexity index is 185. The summed E-state index contributed by atoms with van der Waals surface area (Å²) in [6.07, 6.45) is -4.20. The molecule has 0 saturated carbocycles. The number of ether oxygens (including phenoxy) is 1. The summed E-state index contributed by atoms with van der Waals surface area (Å²) < 4.78 is 41.9.